The first-order valence-electron chi connectivity index (χ1n) is 15.0. The Kier molecular flexibility index (Phi) is 12.7. The van der Waals surface area contributed by atoms with Gasteiger partial charge in [0.15, 0.2) is 0 Å². The van der Waals surface area contributed by atoms with Gasteiger partial charge in [0.05, 0.1) is 25.2 Å². The summed E-state index contributed by atoms with van der Waals surface area (Å²) >= 11 is 0. The minimum absolute atomic E-state index is 0.141. The average molecular weight is 655 g/mol. The molecule has 2 aromatic carbocycles. The van der Waals surface area contributed by atoms with E-state index < -0.39 is 29.2 Å². The number of rotatable bonds is 11. The second-order valence-corrected chi connectivity index (χ2v) is 17.6. The summed E-state index contributed by atoms with van der Waals surface area (Å²) in [6, 6.07) is 8.90. The van der Waals surface area contributed by atoms with Crippen molar-refractivity contribution in [1.29, 1.82) is 0 Å². The molecule has 0 aromatic heterocycles. The van der Waals surface area contributed by atoms with Gasteiger partial charge in [-0.25, -0.2) is 0 Å². The van der Waals surface area contributed by atoms with Crippen LogP contribution in [0.15, 0.2) is 24.3 Å². The maximum absolute atomic E-state index is 10.5. The maximum atomic E-state index is 10.5. The standard InChI is InChI=1S/C34H56O8P2/c1-22-16-25(31(5,6)7)27(26(17-22)32(8,9)10)23-14-15-24(30(2,3)4)29(28(23)33(11,12)13)40-19-34(18-35,20-41-43(36)37)21-42-44(38)39/h14-17,35-39H,18-21H2,1-13H3. The van der Waals surface area contributed by atoms with Gasteiger partial charge in [-0.15, -0.1) is 0 Å². The molecule has 0 fully saturated rings. The monoisotopic (exact) mass is 654 g/mol. The molecule has 0 radical (unpaired) electrons. The van der Waals surface area contributed by atoms with Crippen molar-refractivity contribution in [2.45, 2.75) is 112 Å². The van der Waals surface area contributed by atoms with Crippen LogP contribution in [-0.4, -0.2) is 51.1 Å². The number of aliphatic hydroxyl groups excluding tert-OH is 1. The topological polar surface area (TPSA) is 129 Å². The lowest BCUT2D eigenvalue weighted by Gasteiger charge is -2.37. The molecule has 0 saturated carbocycles. The molecule has 10 heteroatoms. The summed E-state index contributed by atoms with van der Waals surface area (Å²) in [5.41, 5.74) is 5.62. The summed E-state index contributed by atoms with van der Waals surface area (Å²) in [6.07, 6.45) is 0. The van der Waals surface area contributed by atoms with Crippen LogP contribution in [0.5, 0.6) is 5.75 Å². The lowest BCUT2D eigenvalue weighted by molar-refractivity contribution is -0.0169. The molecule has 0 saturated heterocycles. The third-order valence-corrected chi connectivity index (χ3v) is 8.43. The minimum Gasteiger partial charge on any atom is -0.492 e. The summed E-state index contributed by atoms with van der Waals surface area (Å²) in [4.78, 5) is 37.9. The first-order chi connectivity index (χ1) is 19.8. The van der Waals surface area contributed by atoms with Crippen LogP contribution in [0, 0.1) is 12.3 Å². The first-order valence-corrected chi connectivity index (χ1v) is 17.4. The molecule has 5 N–H and O–H groups in total. The molecule has 0 spiro atoms. The zero-order valence-electron chi connectivity index (χ0n) is 29.0. The SMILES string of the molecule is Cc1cc(C(C)(C)C)c(-c2ccc(C(C)(C)C)c(OCC(CO)(COP(O)O)COP(O)O)c2C(C)(C)C)c(C(C)(C)C)c1. The second-order valence-electron chi connectivity index (χ2n) is 16.1. The highest BCUT2D eigenvalue weighted by atomic mass is 31.2. The van der Waals surface area contributed by atoms with Crippen molar-refractivity contribution in [2.24, 2.45) is 5.41 Å². The Balaban J connectivity index is 3.03. The maximum Gasteiger partial charge on any atom is 0.327 e. The summed E-state index contributed by atoms with van der Waals surface area (Å²) in [7, 11) is -5.44. The van der Waals surface area contributed by atoms with Crippen LogP contribution in [0.4, 0.5) is 0 Å². The van der Waals surface area contributed by atoms with Gasteiger partial charge in [-0.05, 0) is 56.4 Å². The van der Waals surface area contributed by atoms with Crippen LogP contribution in [0.1, 0.15) is 111 Å². The van der Waals surface area contributed by atoms with Crippen LogP contribution in [0.3, 0.4) is 0 Å². The third-order valence-electron chi connectivity index (χ3n) is 7.71. The van der Waals surface area contributed by atoms with E-state index in [1.807, 2.05) is 0 Å². The Labute approximate surface area is 267 Å². The van der Waals surface area contributed by atoms with E-state index in [9.17, 15) is 24.7 Å². The van der Waals surface area contributed by atoms with Crippen molar-refractivity contribution < 1.29 is 38.5 Å². The van der Waals surface area contributed by atoms with Crippen LogP contribution in [0.2, 0.25) is 0 Å². The molecule has 0 aliphatic carbocycles. The molecule has 0 heterocycles. The highest BCUT2D eigenvalue weighted by Crippen LogP contribution is 2.50. The van der Waals surface area contributed by atoms with Crippen molar-refractivity contribution in [3.63, 3.8) is 0 Å². The zero-order chi connectivity index (χ0) is 34.1. The summed E-state index contributed by atoms with van der Waals surface area (Å²) in [5.74, 6) is 0.672. The number of aryl methyl sites for hydroxylation is 1. The number of aliphatic hydroxyl groups is 1. The van der Waals surface area contributed by atoms with Crippen molar-refractivity contribution in [2.75, 3.05) is 26.4 Å². The Bertz CT molecular complexity index is 1220. The molecule has 250 valence electrons. The molecule has 0 bridgehead atoms. The molecule has 2 aromatic rings. The van der Waals surface area contributed by atoms with Crippen LogP contribution in [0.25, 0.3) is 11.1 Å². The van der Waals surface area contributed by atoms with Gasteiger partial charge >= 0.3 is 17.2 Å². The number of ether oxygens (including phenoxy) is 1. The van der Waals surface area contributed by atoms with Crippen molar-refractivity contribution >= 4 is 17.2 Å². The lowest BCUT2D eigenvalue weighted by atomic mass is 9.69. The molecule has 8 nitrogen and oxygen atoms in total. The molecular weight excluding hydrogens is 598 g/mol. The predicted octanol–water partition coefficient (Wildman–Crippen LogP) is 7.67. The van der Waals surface area contributed by atoms with Crippen molar-refractivity contribution in [3.05, 3.63) is 52.1 Å². The lowest BCUT2D eigenvalue weighted by Crippen LogP contribution is -2.41. The Morgan fingerprint density at radius 3 is 1.39 bits per heavy atom. The summed E-state index contributed by atoms with van der Waals surface area (Å²) < 4.78 is 17.0. The smallest absolute Gasteiger partial charge is 0.327 e. The highest BCUT2D eigenvalue weighted by molar-refractivity contribution is 7.39. The van der Waals surface area contributed by atoms with E-state index in [2.05, 4.69) is 114 Å². The van der Waals surface area contributed by atoms with Crippen molar-refractivity contribution in [1.82, 2.24) is 0 Å². The van der Waals surface area contributed by atoms with E-state index in [-0.39, 0.29) is 41.5 Å². The van der Waals surface area contributed by atoms with E-state index in [1.54, 1.807) is 0 Å². The molecule has 0 aliphatic heterocycles. The Morgan fingerprint density at radius 2 is 1.05 bits per heavy atom. The molecule has 0 amide bonds. The van der Waals surface area contributed by atoms with Gasteiger partial charge in [0.2, 0.25) is 0 Å². The normalized spacial score (nSPS) is 13.7. The van der Waals surface area contributed by atoms with E-state index in [0.29, 0.717) is 5.75 Å². The van der Waals surface area contributed by atoms with Crippen LogP contribution >= 0.6 is 17.2 Å². The zero-order valence-corrected chi connectivity index (χ0v) is 30.8. The largest absolute Gasteiger partial charge is 0.492 e. The van der Waals surface area contributed by atoms with Gasteiger partial charge in [-0.1, -0.05) is 113 Å². The average Bonchev–Trinajstić information content (AvgIpc) is 2.85. The van der Waals surface area contributed by atoms with E-state index in [4.69, 9.17) is 13.8 Å². The van der Waals surface area contributed by atoms with Crippen molar-refractivity contribution in [3.8, 4) is 16.9 Å². The van der Waals surface area contributed by atoms with E-state index in [0.717, 1.165) is 16.7 Å². The fraction of sp³-hybridized carbons (Fsp3) is 0.647. The predicted molar refractivity (Wildman–Crippen MR) is 181 cm³/mol. The molecule has 2 rings (SSSR count). The van der Waals surface area contributed by atoms with Gasteiger partial charge < -0.3 is 38.5 Å². The van der Waals surface area contributed by atoms with Crippen LogP contribution in [-0.2, 0) is 30.7 Å². The van der Waals surface area contributed by atoms with Crippen LogP contribution < -0.4 is 4.74 Å². The molecule has 0 unspecified atom stereocenters. The Morgan fingerprint density at radius 1 is 0.614 bits per heavy atom. The first kappa shape index (κ1) is 39.0. The van der Waals surface area contributed by atoms with Gasteiger partial charge in [0, 0.05) is 5.56 Å². The molecule has 0 atom stereocenters. The molecular formula is C34H56O8P2. The Hall–Kier alpha value is -1.18. The van der Waals surface area contributed by atoms with Gasteiger partial charge in [-0.3, -0.25) is 0 Å². The number of hydrogen-bond acceptors (Lipinski definition) is 8. The summed E-state index contributed by atoms with van der Waals surface area (Å²) in [5, 5.41) is 10.5. The fourth-order valence-corrected chi connectivity index (χ4v) is 6.19. The quantitative estimate of drug-likeness (QED) is 0.156. The van der Waals surface area contributed by atoms with E-state index >= 15 is 0 Å². The fourth-order valence-electron chi connectivity index (χ4n) is 5.41. The second kappa shape index (κ2) is 14.3. The summed E-state index contributed by atoms with van der Waals surface area (Å²) in [6.45, 7) is 27.1. The number of hydrogen-bond donors (Lipinski definition) is 5. The van der Waals surface area contributed by atoms with Gasteiger partial charge in [-0.2, -0.15) is 0 Å². The van der Waals surface area contributed by atoms with E-state index in [1.165, 1.54) is 22.3 Å². The van der Waals surface area contributed by atoms with Gasteiger partial charge in [0.1, 0.15) is 12.4 Å². The minimum atomic E-state index is -2.72. The third kappa shape index (κ3) is 9.91. The highest BCUT2D eigenvalue weighted by Gasteiger charge is 2.38. The van der Waals surface area contributed by atoms with Gasteiger partial charge in [0.25, 0.3) is 0 Å². The molecule has 0 aliphatic rings. The molecule has 44 heavy (non-hydrogen) atoms. The number of benzene rings is 2.